The maximum atomic E-state index is 9.55. The van der Waals surface area contributed by atoms with Gasteiger partial charge in [-0.3, -0.25) is 0 Å². The van der Waals surface area contributed by atoms with Crippen LogP contribution in [-0.4, -0.2) is 18.5 Å². The van der Waals surface area contributed by atoms with E-state index in [9.17, 15) is 5.11 Å². The highest BCUT2D eigenvalue weighted by Crippen LogP contribution is 2.29. The second-order valence-electron chi connectivity index (χ2n) is 2.85. The molecule has 0 aliphatic rings. The van der Waals surface area contributed by atoms with Crippen LogP contribution in [0.3, 0.4) is 0 Å². The smallest absolute Gasteiger partial charge is 0.160 e. The molecule has 0 saturated carbocycles. The van der Waals surface area contributed by atoms with Gasteiger partial charge in [-0.1, -0.05) is 0 Å². The predicted molar refractivity (Wildman–Crippen MR) is 65.5 cm³/mol. The normalized spacial score (nSPS) is 10.7. The Morgan fingerprint density at radius 2 is 2.38 bits per heavy atom. The molecule has 84 valence electrons. The molecule has 0 amide bonds. The molecule has 0 unspecified atom stereocenters. The van der Waals surface area contributed by atoms with Crippen LogP contribution >= 0.6 is 11.8 Å². The number of anilines is 1. The lowest BCUT2D eigenvalue weighted by Crippen LogP contribution is -1.95. The molecule has 1 aromatic carbocycles. The van der Waals surface area contributed by atoms with Crippen molar-refractivity contribution in [2.75, 3.05) is 18.7 Å². The molecule has 0 saturated heterocycles. The molecule has 5 heteroatoms. The minimum atomic E-state index is 0.0601. The Kier molecular flexibility index (Phi) is 4.55. The standard InChI is InChI=1S/C11H12N2O2S/c1-15-10-4-3-8(7-9(10)14)13-11(16-2)5-6-12/h3-5,7,13-14H,1-2H3/b11-5-. The van der Waals surface area contributed by atoms with Crippen LogP contribution in [0.5, 0.6) is 11.5 Å². The summed E-state index contributed by atoms with van der Waals surface area (Å²) in [5, 5.41) is 21.8. The number of phenols is 1. The Bertz CT molecular complexity index is 438. The SMILES string of the molecule is COc1ccc(N/C(=C/C#N)SC)cc1O. The maximum absolute atomic E-state index is 9.55. The molecule has 0 fully saturated rings. The van der Waals surface area contributed by atoms with E-state index in [1.54, 1.807) is 18.2 Å². The molecule has 0 aromatic heterocycles. The van der Waals surface area contributed by atoms with Gasteiger partial charge in [0.15, 0.2) is 11.5 Å². The molecule has 0 radical (unpaired) electrons. The summed E-state index contributed by atoms with van der Waals surface area (Å²) < 4.78 is 4.93. The number of rotatable bonds is 4. The topological polar surface area (TPSA) is 65.3 Å². The second-order valence-corrected chi connectivity index (χ2v) is 3.70. The van der Waals surface area contributed by atoms with Crippen LogP contribution in [0.4, 0.5) is 5.69 Å². The molecule has 1 aromatic rings. The van der Waals surface area contributed by atoms with Gasteiger partial charge < -0.3 is 15.2 Å². The minimum Gasteiger partial charge on any atom is -0.504 e. The van der Waals surface area contributed by atoms with Gasteiger partial charge in [-0.15, -0.1) is 11.8 Å². The second kappa shape index (κ2) is 5.93. The van der Waals surface area contributed by atoms with Gasteiger partial charge in [0.25, 0.3) is 0 Å². The van der Waals surface area contributed by atoms with E-state index in [1.165, 1.54) is 24.9 Å². The van der Waals surface area contributed by atoms with Crippen LogP contribution in [-0.2, 0) is 0 Å². The Morgan fingerprint density at radius 1 is 1.62 bits per heavy atom. The summed E-state index contributed by atoms with van der Waals surface area (Å²) in [6.07, 6.45) is 3.27. The van der Waals surface area contributed by atoms with E-state index in [-0.39, 0.29) is 5.75 Å². The van der Waals surface area contributed by atoms with Gasteiger partial charge in [-0.05, 0) is 18.4 Å². The third-order valence-corrected chi connectivity index (χ3v) is 2.52. The van der Waals surface area contributed by atoms with Gasteiger partial charge >= 0.3 is 0 Å². The van der Waals surface area contributed by atoms with Crippen LogP contribution in [0.2, 0.25) is 0 Å². The third kappa shape index (κ3) is 3.11. The van der Waals surface area contributed by atoms with Crippen molar-refractivity contribution in [3.8, 4) is 17.6 Å². The fraction of sp³-hybridized carbons (Fsp3) is 0.182. The number of phenolic OH excluding ortho intramolecular Hbond substituents is 1. The molecule has 0 atom stereocenters. The van der Waals surface area contributed by atoms with Crippen molar-refractivity contribution in [2.45, 2.75) is 0 Å². The van der Waals surface area contributed by atoms with E-state index >= 15 is 0 Å². The molecule has 4 nitrogen and oxygen atoms in total. The number of nitrogens with zero attached hydrogens (tertiary/aromatic N) is 1. The summed E-state index contributed by atoms with van der Waals surface area (Å²) >= 11 is 1.42. The Morgan fingerprint density at radius 3 is 2.88 bits per heavy atom. The number of benzene rings is 1. The van der Waals surface area contributed by atoms with Gasteiger partial charge in [0, 0.05) is 17.8 Å². The fourth-order valence-electron chi connectivity index (χ4n) is 1.11. The molecule has 0 heterocycles. The highest BCUT2D eigenvalue weighted by Gasteiger charge is 2.03. The number of nitriles is 1. The van der Waals surface area contributed by atoms with E-state index in [1.807, 2.05) is 12.3 Å². The van der Waals surface area contributed by atoms with Crippen molar-refractivity contribution in [1.29, 1.82) is 5.26 Å². The summed E-state index contributed by atoms with van der Waals surface area (Å²) in [4.78, 5) is 0. The summed E-state index contributed by atoms with van der Waals surface area (Å²) in [5.74, 6) is 0.477. The monoisotopic (exact) mass is 236 g/mol. The van der Waals surface area contributed by atoms with Gasteiger partial charge in [-0.25, -0.2) is 0 Å². The predicted octanol–water partition coefficient (Wildman–Crippen LogP) is 2.54. The first kappa shape index (κ1) is 12.3. The molecule has 0 aliphatic heterocycles. The maximum Gasteiger partial charge on any atom is 0.160 e. The van der Waals surface area contributed by atoms with E-state index in [0.29, 0.717) is 16.5 Å². The van der Waals surface area contributed by atoms with Gasteiger partial charge in [-0.2, -0.15) is 5.26 Å². The molecule has 0 bridgehead atoms. The molecule has 1 rings (SSSR count). The van der Waals surface area contributed by atoms with Crippen molar-refractivity contribution in [1.82, 2.24) is 0 Å². The molecule has 0 aliphatic carbocycles. The number of allylic oxidation sites excluding steroid dienone is 1. The summed E-state index contributed by atoms with van der Waals surface area (Å²) in [6.45, 7) is 0. The lowest BCUT2D eigenvalue weighted by atomic mass is 10.3. The average molecular weight is 236 g/mol. The number of hydrogen-bond acceptors (Lipinski definition) is 5. The van der Waals surface area contributed by atoms with Crippen LogP contribution in [0.1, 0.15) is 0 Å². The fourth-order valence-corrected chi connectivity index (χ4v) is 1.51. The highest BCUT2D eigenvalue weighted by molar-refractivity contribution is 8.02. The number of ether oxygens (including phenoxy) is 1. The Balaban J connectivity index is 2.87. The first-order valence-corrected chi connectivity index (χ1v) is 5.71. The van der Waals surface area contributed by atoms with Crippen LogP contribution in [0.25, 0.3) is 0 Å². The molecule has 16 heavy (non-hydrogen) atoms. The Hall–Kier alpha value is -1.80. The van der Waals surface area contributed by atoms with Crippen molar-refractivity contribution < 1.29 is 9.84 Å². The van der Waals surface area contributed by atoms with Crippen molar-refractivity contribution in [3.05, 3.63) is 29.3 Å². The zero-order valence-electron chi connectivity index (χ0n) is 9.02. The van der Waals surface area contributed by atoms with Crippen LogP contribution in [0, 0.1) is 11.3 Å². The third-order valence-electron chi connectivity index (χ3n) is 1.86. The van der Waals surface area contributed by atoms with E-state index < -0.39 is 0 Å². The molecular weight excluding hydrogens is 224 g/mol. The van der Waals surface area contributed by atoms with Crippen LogP contribution < -0.4 is 10.1 Å². The first-order valence-electron chi connectivity index (χ1n) is 4.49. The lowest BCUT2D eigenvalue weighted by molar-refractivity contribution is 0.373. The van der Waals surface area contributed by atoms with Crippen molar-refractivity contribution in [2.24, 2.45) is 0 Å². The van der Waals surface area contributed by atoms with Gasteiger partial charge in [0.2, 0.25) is 0 Å². The van der Waals surface area contributed by atoms with Crippen molar-refractivity contribution >= 4 is 17.4 Å². The molecular formula is C11H12N2O2S. The molecule has 2 N–H and O–H groups in total. The van der Waals surface area contributed by atoms with Crippen molar-refractivity contribution in [3.63, 3.8) is 0 Å². The quantitative estimate of drug-likeness (QED) is 0.786. The lowest BCUT2D eigenvalue weighted by Gasteiger charge is -2.09. The number of thioether (sulfide) groups is 1. The first-order chi connectivity index (χ1) is 7.71. The number of hydrogen-bond donors (Lipinski definition) is 2. The van der Waals surface area contributed by atoms with E-state index in [0.717, 1.165) is 0 Å². The summed E-state index contributed by atoms with van der Waals surface area (Å²) in [6, 6.07) is 6.90. The van der Waals surface area contributed by atoms with E-state index in [2.05, 4.69) is 5.32 Å². The zero-order valence-corrected chi connectivity index (χ0v) is 9.84. The van der Waals surface area contributed by atoms with Gasteiger partial charge in [0.1, 0.15) is 0 Å². The minimum absolute atomic E-state index is 0.0601. The largest absolute Gasteiger partial charge is 0.504 e. The van der Waals surface area contributed by atoms with Gasteiger partial charge in [0.05, 0.1) is 18.2 Å². The zero-order chi connectivity index (χ0) is 12.0. The average Bonchev–Trinajstić information content (AvgIpc) is 2.28. The molecule has 0 spiro atoms. The van der Waals surface area contributed by atoms with E-state index in [4.69, 9.17) is 10.00 Å². The number of nitrogens with one attached hydrogen (secondary N) is 1. The summed E-state index contributed by atoms with van der Waals surface area (Å²) in [7, 11) is 1.49. The highest BCUT2D eigenvalue weighted by atomic mass is 32.2. The Labute approximate surface area is 98.5 Å². The summed E-state index contributed by atoms with van der Waals surface area (Å²) in [5.41, 5.74) is 0.703. The number of methoxy groups -OCH3 is 1. The van der Waals surface area contributed by atoms with Crippen LogP contribution in [0.15, 0.2) is 29.3 Å². The number of aromatic hydroxyl groups is 1.